The zero-order valence-electron chi connectivity index (χ0n) is 30.2. The van der Waals surface area contributed by atoms with E-state index in [2.05, 4.69) is 47.4 Å². The summed E-state index contributed by atoms with van der Waals surface area (Å²) >= 11 is 11.9. The lowest BCUT2D eigenvalue weighted by molar-refractivity contribution is 0.304. The van der Waals surface area contributed by atoms with Gasteiger partial charge in [0.25, 0.3) is 20.2 Å². The average molecular weight is 872 g/mol. The van der Waals surface area contributed by atoms with E-state index in [0.29, 0.717) is 18.2 Å². The summed E-state index contributed by atoms with van der Waals surface area (Å²) in [5, 5.41) is 21.4. The number of nitrogens with one attached hydrogen (secondary N) is 1. The fourth-order valence-corrected chi connectivity index (χ4v) is 7.14. The third-order valence-corrected chi connectivity index (χ3v) is 10.1. The first-order valence-electron chi connectivity index (χ1n) is 17.1. The zero-order chi connectivity index (χ0) is 41.9. The molecule has 0 radical (unpaired) electrons. The van der Waals surface area contributed by atoms with Crippen LogP contribution in [0.1, 0.15) is 24.0 Å². The molecule has 0 saturated carbocycles. The number of aliphatic hydroxyl groups excluding tert-OH is 2. The van der Waals surface area contributed by atoms with Crippen molar-refractivity contribution in [2.75, 3.05) is 47.2 Å². The minimum absolute atomic E-state index is 0.0195. The van der Waals surface area contributed by atoms with Crippen LogP contribution in [0.2, 0.25) is 10.6 Å². The topological polar surface area (TPSA) is 271 Å². The molecule has 2 heterocycles. The van der Waals surface area contributed by atoms with Gasteiger partial charge in [0, 0.05) is 30.2 Å². The predicted molar refractivity (Wildman–Crippen MR) is 220 cm³/mol. The van der Waals surface area contributed by atoms with E-state index in [9.17, 15) is 31.0 Å². The first-order valence-corrected chi connectivity index (χ1v) is 20.7. The number of para-hydroxylation sites is 1. The van der Waals surface area contributed by atoms with Crippen molar-refractivity contribution in [3.8, 4) is 0 Å². The summed E-state index contributed by atoms with van der Waals surface area (Å²) in [7, 11) is -9.27. The molecule has 0 aliphatic heterocycles. The fraction of sp³-hybridized carbons (Fsp3) is 0.167. The lowest BCUT2D eigenvalue weighted by Crippen LogP contribution is -2.28. The molecule has 58 heavy (non-hydrogen) atoms. The van der Waals surface area contributed by atoms with Crippen LogP contribution < -0.4 is 20.9 Å². The van der Waals surface area contributed by atoms with Gasteiger partial charge in [0.15, 0.2) is 0 Å². The largest absolute Gasteiger partial charge is 0.395 e. The van der Waals surface area contributed by atoms with Gasteiger partial charge in [0.05, 0.1) is 13.2 Å². The van der Waals surface area contributed by atoms with Gasteiger partial charge >= 0.3 is 0 Å². The highest BCUT2D eigenvalue weighted by Crippen LogP contribution is 2.28. The van der Waals surface area contributed by atoms with E-state index in [1.807, 2.05) is 12.1 Å². The Kier molecular flexibility index (Phi) is 14.8. The fourth-order valence-electron chi connectivity index (χ4n) is 5.42. The van der Waals surface area contributed by atoms with Crippen LogP contribution in [-0.4, -0.2) is 92.4 Å². The normalized spacial score (nSPS) is 12.8. The maximum Gasteiger partial charge on any atom is 0.295 e. The van der Waals surface area contributed by atoms with Crippen LogP contribution in [0.5, 0.6) is 0 Å². The van der Waals surface area contributed by atoms with Crippen LogP contribution in [0.3, 0.4) is 0 Å². The number of hydrogen-bond acceptors (Lipinski definition) is 16. The summed E-state index contributed by atoms with van der Waals surface area (Å²) in [5.41, 5.74) is 7.47. The van der Waals surface area contributed by atoms with Crippen LogP contribution in [0, 0.1) is 0 Å². The first kappa shape index (κ1) is 43.5. The molecule has 0 amide bonds. The molecule has 304 valence electrons. The van der Waals surface area contributed by atoms with Crippen LogP contribution in [0.4, 0.5) is 35.2 Å². The van der Waals surface area contributed by atoms with Crippen molar-refractivity contribution in [2.45, 2.75) is 22.6 Å². The molecule has 18 nitrogen and oxygen atoms in total. The van der Waals surface area contributed by atoms with E-state index in [1.54, 1.807) is 40.1 Å². The lowest BCUT2D eigenvalue weighted by Gasteiger charge is -2.24. The molecule has 0 fully saturated rings. The minimum atomic E-state index is -4.74. The van der Waals surface area contributed by atoms with E-state index >= 15 is 0 Å². The molecule has 0 saturated heterocycles. The minimum Gasteiger partial charge on any atom is -0.395 e. The third-order valence-electron chi connectivity index (χ3n) is 7.88. The summed E-state index contributed by atoms with van der Waals surface area (Å²) in [6.07, 6.45) is 10.6. The van der Waals surface area contributed by atoms with Gasteiger partial charge in [-0.1, -0.05) is 66.8 Å². The van der Waals surface area contributed by atoms with Gasteiger partial charge in [-0.3, -0.25) is 9.11 Å². The zero-order valence-corrected chi connectivity index (χ0v) is 33.4. The Morgan fingerprint density at radius 1 is 0.707 bits per heavy atom. The molecular formula is C36H36Cl2N10O8S2. The van der Waals surface area contributed by atoms with E-state index < -0.39 is 25.1 Å². The molecule has 0 bridgehead atoms. The maximum atomic E-state index is 12.2. The Balaban J connectivity index is 0.000000296. The maximum absolute atomic E-state index is 12.2. The second kappa shape index (κ2) is 19.7. The second-order valence-corrected chi connectivity index (χ2v) is 15.3. The Morgan fingerprint density at radius 3 is 1.93 bits per heavy atom. The summed E-state index contributed by atoms with van der Waals surface area (Å²) in [5.74, 6) is 0.489. The number of anilines is 6. The highest BCUT2D eigenvalue weighted by atomic mass is 35.5. The predicted octanol–water partition coefficient (Wildman–Crippen LogP) is 5.20. The van der Waals surface area contributed by atoms with Crippen molar-refractivity contribution in [1.29, 1.82) is 0 Å². The van der Waals surface area contributed by atoms with Crippen molar-refractivity contribution in [2.24, 2.45) is 0 Å². The van der Waals surface area contributed by atoms with Crippen LogP contribution in [-0.2, 0) is 20.2 Å². The SMILES string of the molecule is Nc1nc(Cl)nc(N(CCO)C2=CCCC=C2)n1.O=S(=O)(O)c1ccccc1/C=C/c1ccc(Nc2nc(Cl)nc(N(CCO)c3ccccc3)n2)cc1S(=O)(=O)O. The Labute approximate surface area is 343 Å². The van der Waals surface area contributed by atoms with Crippen molar-refractivity contribution in [1.82, 2.24) is 29.9 Å². The molecule has 7 N–H and O–H groups in total. The highest BCUT2D eigenvalue weighted by molar-refractivity contribution is 7.86. The molecule has 1 aliphatic carbocycles. The van der Waals surface area contributed by atoms with Crippen LogP contribution in [0.15, 0.2) is 107 Å². The van der Waals surface area contributed by atoms with Gasteiger partial charge in [-0.05, 0) is 83.6 Å². The van der Waals surface area contributed by atoms with Crippen molar-refractivity contribution >= 4 is 90.8 Å². The van der Waals surface area contributed by atoms with Gasteiger partial charge in [-0.15, -0.1) is 0 Å². The number of rotatable bonds is 14. The van der Waals surface area contributed by atoms with E-state index in [0.717, 1.165) is 24.6 Å². The number of halogens is 2. The molecule has 2 aromatic heterocycles. The quantitative estimate of drug-likeness (QED) is 0.0618. The highest BCUT2D eigenvalue weighted by Gasteiger charge is 2.19. The Morgan fingerprint density at radius 2 is 1.31 bits per heavy atom. The monoisotopic (exact) mass is 870 g/mol. The number of hydrogen-bond donors (Lipinski definition) is 6. The Bertz CT molecular complexity index is 2530. The van der Waals surface area contributed by atoms with Gasteiger partial charge in [-0.25, -0.2) is 0 Å². The molecule has 0 unspecified atom stereocenters. The lowest BCUT2D eigenvalue weighted by atomic mass is 10.1. The van der Waals surface area contributed by atoms with Crippen LogP contribution >= 0.6 is 23.2 Å². The molecule has 6 rings (SSSR count). The summed E-state index contributed by atoms with van der Waals surface area (Å²) in [6, 6.07) is 18.6. The van der Waals surface area contributed by atoms with Gasteiger partial charge in [0.1, 0.15) is 9.79 Å². The number of nitrogens with zero attached hydrogens (tertiary/aromatic N) is 8. The molecule has 0 atom stereocenters. The molecular weight excluding hydrogens is 835 g/mol. The first-order chi connectivity index (χ1) is 27.7. The number of aliphatic hydroxyl groups is 2. The standard InChI is InChI=1S/C25H22ClN5O7S2.C11H14ClN5O/c26-23-28-24(30-25(29-23)31(14-15-32)20-7-2-1-3-8-20)27-19-13-12-18(22(16-19)40(36,37)38)11-10-17-6-4-5-9-21(17)39(33,34)35;12-9-14-10(13)16-11(15-9)17(6-7-18)8-4-2-1-3-5-8/h1-13,16,32H,14-15H2,(H,33,34,35)(H,36,37,38)(H,27,28,29,30);2,4-5,18H,1,3,6-7H2,(H2,13,14,15,16)/b11-10+;. The van der Waals surface area contributed by atoms with Crippen LogP contribution in [0.25, 0.3) is 12.2 Å². The summed E-state index contributed by atoms with van der Waals surface area (Å²) in [4.78, 5) is 26.8. The summed E-state index contributed by atoms with van der Waals surface area (Å²) in [6.45, 7) is 0.297. The number of benzene rings is 3. The van der Waals surface area contributed by atoms with E-state index in [4.69, 9.17) is 34.0 Å². The molecule has 0 spiro atoms. The molecule has 1 aliphatic rings. The third kappa shape index (κ3) is 12.0. The molecule has 22 heteroatoms. The molecule has 5 aromatic rings. The van der Waals surface area contributed by atoms with E-state index in [-0.39, 0.29) is 69.9 Å². The number of allylic oxidation sites excluding steroid dienone is 3. The molecule has 3 aromatic carbocycles. The van der Waals surface area contributed by atoms with Gasteiger partial charge < -0.3 is 31.1 Å². The summed E-state index contributed by atoms with van der Waals surface area (Å²) < 4.78 is 67.0. The number of aromatic nitrogens is 6. The van der Waals surface area contributed by atoms with Crippen molar-refractivity contribution < 1.29 is 36.2 Å². The number of nitrogens with two attached hydrogens (primary N) is 1. The van der Waals surface area contributed by atoms with Gasteiger partial charge in [-0.2, -0.15) is 46.7 Å². The Hall–Kier alpha value is -5.58. The van der Waals surface area contributed by atoms with E-state index in [1.165, 1.54) is 42.5 Å². The number of nitrogen functional groups attached to an aromatic ring is 1. The second-order valence-electron chi connectivity index (χ2n) is 11.9. The van der Waals surface area contributed by atoms with Gasteiger partial charge in [0.2, 0.25) is 34.4 Å². The van der Waals surface area contributed by atoms with Crippen molar-refractivity contribution in [3.63, 3.8) is 0 Å². The smallest absolute Gasteiger partial charge is 0.295 e. The average Bonchev–Trinajstić information content (AvgIpc) is 3.18. The van der Waals surface area contributed by atoms with Crippen molar-refractivity contribution in [3.05, 3.63) is 118 Å².